The van der Waals surface area contributed by atoms with Crippen molar-refractivity contribution >= 4 is 11.7 Å². The topological polar surface area (TPSA) is 46.2 Å². The summed E-state index contributed by atoms with van der Waals surface area (Å²) in [5, 5.41) is 2.82. The molecule has 2 aliphatic carbocycles. The number of hydrogen-bond donors (Lipinski definition) is 1. The maximum atomic E-state index is 11.3. The van der Waals surface area contributed by atoms with Crippen LogP contribution in [0.2, 0.25) is 0 Å². The monoisotopic (exact) mass is 167 g/mol. The van der Waals surface area contributed by atoms with Gasteiger partial charge in [-0.3, -0.25) is 9.59 Å². The summed E-state index contributed by atoms with van der Waals surface area (Å²) in [5.74, 6) is 1.08. The van der Waals surface area contributed by atoms with Gasteiger partial charge in [-0.15, -0.1) is 0 Å². The highest BCUT2D eigenvalue weighted by Crippen LogP contribution is 2.44. The number of amides is 1. The summed E-state index contributed by atoms with van der Waals surface area (Å²) in [4.78, 5) is 22.0. The highest BCUT2D eigenvalue weighted by Gasteiger charge is 2.49. The molecule has 0 aromatic carbocycles. The summed E-state index contributed by atoms with van der Waals surface area (Å²) in [6.45, 7) is 1.51. The molecule has 12 heavy (non-hydrogen) atoms. The van der Waals surface area contributed by atoms with Gasteiger partial charge in [0.15, 0.2) is 0 Å². The Kier molecular flexibility index (Phi) is 1.67. The van der Waals surface area contributed by atoms with E-state index in [2.05, 4.69) is 5.32 Å². The second kappa shape index (κ2) is 2.57. The molecule has 2 saturated carbocycles. The number of rotatable bonds is 1. The molecule has 1 amide bonds. The van der Waals surface area contributed by atoms with Gasteiger partial charge in [-0.25, -0.2) is 0 Å². The molecular weight excluding hydrogens is 154 g/mol. The predicted molar refractivity (Wildman–Crippen MR) is 43.4 cm³/mol. The van der Waals surface area contributed by atoms with Crippen LogP contribution < -0.4 is 5.32 Å². The zero-order chi connectivity index (χ0) is 8.72. The summed E-state index contributed by atoms with van der Waals surface area (Å²) in [6, 6.07) is 0.155. The van der Waals surface area contributed by atoms with Gasteiger partial charge in [0.1, 0.15) is 5.78 Å². The van der Waals surface area contributed by atoms with E-state index in [1.54, 1.807) is 0 Å². The lowest BCUT2D eigenvalue weighted by molar-refractivity contribution is -0.127. The van der Waals surface area contributed by atoms with Crippen molar-refractivity contribution in [1.82, 2.24) is 5.32 Å². The first-order chi connectivity index (χ1) is 5.68. The molecule has 0 aliphatic heterocycles. The minimum atomic E-state index is -0.0156. The molecule has 2 aliphatic rings. The number of carbonyl (C=O) groups is 2. The normalized spacial score (nSPS) is 38.8. The highest BCUT2D eigenvalue weighted by molar-refractivity contribution is 5.86. The molecule has 0 spiro atoms. The van der Waals surface area contributed by atoms with Crippen LogP contribution in [0.3, 0.4) is 0 Å². The molecule has 3 atom stereocenters. The van der Waals surface area contributed by atoms with Crippen molar-refractivity contribution in [2.75, 3.05) is 0 Å². The molecule has 3 heteroatoms. The lowest BCUT2D eigenvalue weighted by Crippen LogP contribution is -2.52. The average molecular weight is 167 g/mol. The van der Waals surface area contributed by atoms with Crippen LogP contribution in [-0.4, -0.2) is 17.7 Å². The minimum Gasteiger partial charge on any atom is -0.353 e. The fourth-order valence-corrected chi connectivity index (χ4v) is 2.44. The average Bonchev–Trinajstić information content (AvgIpc) is 2.20. The molecule has 2 fully saturated rings. The van der Waals surface area contributed by atoms with Gasteiger partial charge in [-0.2, -0.15) is 0 Å². The second-order valence-electron chi connectivity index (χ2n) is 3.83. The molecule has 0 saturated heterocycles. The van der Waals surface area contributed by atoms with Gasteiger partial charge in [0.2, 0.25) is 5.91 Å². The number of ketones is 1. The van der Waals surface area contributed by atoms with Crippen LogP contribution in [0, 0.1) is 11.8 Å². The SMILES string of the molecule is CC(=O)NC1CC2CCC(=O)C21. The summed E-state index contributed by atoms with van der Waals surface area (Å²) in [5.41, 5.74) is 0. The number of Topliss-reactive ketones (excluding diaryl/α,β-unsaturated/α-hetero) is 1. The summed E-state index contributed by atoms with van der Waals surface area (Å²) in [7, 11) is 0. The van der Waals surface area contributed by atoms with E-state index in [0.29, 0.717) is 11.7 Å². The van der Waals surface area contributed by atoms with Crippen molar-refractivity contribution in [3.63, 3.8) is 0 Å². The Hall–Kier alpha value is -0.860. The zero-order valence-electron chi connectivity index (χ0n) is 7.17. The van der Waals surface area contributed by atoms with Gasteiger partial charge in [-0.1, -0.05) is 0 Å². The summed E-state index contributed by atoms with van der Waals surface area (Å²) < 4.78 is 0. The standard InChI is InChI=1S/C9H13NO2/c1-5(11)10-7-4-6-2-3-8(12)9(6)7/h6-7,9H,2-4H2,1H3,(H,10,11). The van der Waals surface area contributed by atoms with Gasteiger partial charge in [-0.05, 0) is 18.8 Å². The van der Waals surface area contributed by atoms with Gasteiger partial charge < -0.3 is 5.32 Å². The lowest BCUT2D eigenvalue weighted by Gasteiger charge is -2.39. The maximum Gasteiger partial charge on any atom is 0.217 e. The smallest absolute Gasteiger partial charge is 0.217 e. The molecule has 66 valence electrons. The number of nitrogens with one attached hydrogen (secondary N) is 1. The van der Waals surface area contributed by atoms with Crippen molar-refractivity contribution in [1.29, 1.82) is 0 Å². The van der Waals surface area contributed by atoms with Crippen LogP contribution in [0.1, 0.15) is 26.2 Å². The second-order valence-corrected chi connectivity index (χ2v) is 3.83. The lowest BCUT2D eigenvalue weighted by atomic mass is 9.71. The number of fused-ring (bicyclic) bond motifs is 1. The molecule has 2 rings (SSSR count). The first kappa shape index (κ1) is 7.77. The number of hydrogen-bond acceptors (Lipinski definition) is 2. The molecule has 3 unspecified atom stereocenters. The van der Waals surface area contributed by atoms with E-state index in [0.717, 1.165) is 19.3 Å². The van der Waals surface area contributed by atoms with Gasteiger partial charge in [0.25, 0.3) is 0 Å². The fourth-order valence-electron chi connectivity index (χ4n) is 2.44. The Balaban J connectivity index is 1.96. The largest absolute Gasteiger partial charge is 0.353 e. The van der Waals surface area contributed by atoms with Crippen LogP contribution in [0.5, 0.6) is 0 Å². The van der Waals surface area contributed by atoms with Crippen LogP contribution in [0.25, 0.3) is 0 Å². The van der Waals surface area contributed by atoms with E-state index in [-0.39, 0.29) is 17.9 Å². The van der Waals surface area contributed by atoms with E-state index < -0.39 is 0 Å². The molecule has 3 nitrogen and oxygen atoms in total. The van der Waals surface area contributed by atoms with Crippen molar-refractivity contribution < 1.29 is 9.59 Å². The molecule has 0 aromatic rings. The zero-order valence-corrected chi connectivity index (χ0v) is 7.17. The van der Waals surface area contributed by atoms with E-state index in [1.165, 1.54) is 6.92 Å². The Morgan fingerprint density at radius 2 is 2.33 bits per heavy atom. The van der Waals surface area contributed by atoms with Crippen LogP contribution in [-0.2, 0) is 9.59 Å². The highest BCUT2D eigenvalue weighted by atomic mass is 16.1. The van der Waals surface area contributed by atoms with Crippen molar-refractivity contribution in [3.8, 4) is 0 Å². The summed E-state index contributed by atoms with van der Waals surface area (Å²) >= 11 is 0. The van der Waals surface area contributed by atoms with Crippen LogP contribution in [0.4, 0.5) is 0 Å². The van der Waals surface area contributed by atoms with Crippen molar-refractivity contribution in [2.45, 2.75) is 32.2 Å². The van der Waals surface area contributed by atoms with Crippen LogP contribution in [0.15, 0.2) is 0 Å². The molecular formula is C9H13NO2. The Bertz CT molecular complexity index is 237. The first-order valence-electron chi connectivity index (χ1n) is 4.48. The van der Waals surface area contributed by atoms with Gasteiger partial charge in [0.05, 0.1) is 0 Å². The quantitative estimate of drug-likeness (QED) is 0.617. The maximum absolute atomic E-state index is 11.3. The third-order valence-electron chi connectivity index (χ3n) is 3.02. The van der Waals surface area contributed by atoms with Crippen molar-refractivity contribution in [2.24, 2.45) is 11.8 Å². The van der Waals surface area contributed by atoms with Gasteiger partial charge in [0, 0.05) is 25.3 Å². The molecule has 0 radical (unpaired) electrons. The Labute approximate surface area is 71.5 Å². The Morgan fingerprint density at radius 1 is 1.58 bits per heavy atom. The van der Waals surface area contributed by atoms with E-state index in [4.69, 9.17) is 0 Å². The van der Waals surface area contributed by atoms with E-state index in [9.17, 15) is 9.59 Å². The molecule has 0 aromatic heterocycles. The van der Waals surface area contributed by atoms with Crippen LogP contribution >= 0.6 is 0 Å². The number of carbonyl (C=O) groups excluding carboxylic acids is 2. The first-order valence-corrected chi connectivity index (χ1v) is 4.48. The van der Waals surface area contributed by atoms with Crippen molar-refractivity contribution in [3.05, 3.63) is 0 Å². The summed E-state index contributed by atoms with van der Waals surface area (Å²) in [6.07, 6.45) is 2.78. The molecule has 0 bridgehead atoms. The van der Waals surface area contributed by atoms with Gasteiger partial charge >= 0.3 is 0 Å². The fraction of sp³-hybridized carbons (Fsp3) is 0.778. The molecule has 0 heterocycles. The Morgan fingerprint density at radius 3 is 2.92 bits per heavy atom. The third kappa shape index (κ3) is 1.04. The predicted octanol–water partition coefficient (Wildman–Crippen LogP) is 0.490. The van der Waals surface area contributed by atoms with E-state index >= 15 is 0 Å². The molecule has 1 N–H and O–H groups in total. The third-order valence-corrected chi connectivity index (χ3v) is 3.02. The minimum absolute atomic E-state index is 0.0156. The van der Waals surface area contributed by atoms with E-state index in [1.807, 2.05) is 0 Å².